The van der Waals surface area contributed by atoms with Crippen LogP contribution in [0.1, 0.15) is 44.6 Å². The fraction of sp³-hybridized carbons (Fsp3) is 0.522. The average Bonchev–Trinajstić information content (AvgIpc) is 3.34. The molecule has 0 bridgehead atoms. The number of carbonyl (C=O) groups excluding carboxylic acids is 1. The molecule has 0 spiro atoms. The molecule has 2 aromatic rings. The Morgan fingerprint density at radius 3 is 2.69 bits per heavy atom. The first kappa shape index (κ1) is 22.7. The summed E-state index contributed by atoms with van der Waals surface area (Å²) in [6.07, 6.45) is 2.56. The Balaban J connectivity index is 1.38. The molecule has 0 radical (unpaired) electrons. The van der Waals surface area contributed by atoms with Gasteiger partial charge in [0.15, 0.2) is 5.82 Å². The Bertz CT molecular complexity index is 973. The van der Waals surface area contributed by atoms with Gasteiger partial charge >= 0.3 is 0 Å². The number of rotatable bonds is 7. The van der Waals surface area contributed by atoms with Gasteiger partial charge in [-0.05, 0) is 30.5 Å². The van der Waals surface area contributed by atoms with Crippen molar-refractivity contribution in [2.45, 2.75) is 51.1 Å². The molecule has 1 aromatic heterocycles. The maximum absolute atomic E-state index is 13.6. The number of ether oxygens (including phenoxy) is 1. The maximum Gasteiger partial charge on any atom is 0.267 e. The second-order valence-corrected chi connectivity index (χ2v) is 9.13. The van der Waals surface area contributed by atoms with Crippen molar-refractivity contribution in [2.75, 3.05) is 36.0 Å². The molecule has 2 saturated heterocycles. The molecule has 4 rings (SSSR count). The molecular weight excluding hydrogens is 438 g/mol. The van der Waals surface area contributed by atoms with Crippen molar-refractivity contribution in [1.29, 1.82) is 0 Å². The van der Waals surface area contributed by atoms with Gasteiger partial charge in [0, 0.05) is 32.4 Å². The van der Waals surface area contributed by atoms with E-state index in [1.807, 2.05) is 36.1 Å². The van der Waals surface area contributed by atoms with Gasteiger partial charge in [0.1, 0.15) is 22.7 Å². The zero-order chi connectivity index (χ0) is 22.9. The molecule has 0 amide bonds. The Labute approximate surface area is 191 Å². The molecule has 2 fully saturated rings. The molecule has 2 aliphatic heterocycles. The standard InChI is InChI=1S/C23H27ClF2N4O2/c1-15(11-16(2)31)17-3-5-18(6-4-17)32-19-7-9-29(13-19)21-20(24)12-27-22(28-21)30-10-8-23(25,26)14-30/h3-6,12,15,19H,7-11,13-14H2,1-2H3/t15-,19-/m1/s1. The summed E-state index contributed by atoms with van der Waals surface area (Å²) in [7, 11) is 0. The predicted molar refractivity (Wildman–Crippen MR) is 120 cm³/mol. The highest BCUT2D eigenvalue weighted by Gasteiger charge is 2.39. The molecule has 1 aromatic carbocycles. The minimum atomic E-state index is -2.71. The first-order chi connectivity index (χ1) is 15.2. The van der Waals surface area contributed by atoms with Gasteiger partial charge in [-0.25, -0.2) is 13.8 Å². The quantitative estimate of drug-likeness (QED) is 0.591. The monoisotopic (exact) mass is 464 g/mol. The van der Waals surface area contributed by atoms with Gasteiger partial charge in [-0.15, -0.1) is 0 Å². The van der Waals surface area contributed by atoms with Crippen LogP contribution in [0.3, 0.4) is 0 Å². The van der Waals surface area contributed by atoms with E-state index >= 15 is 0 Å². The van der Waals surface area contributed by atoms with Crippen LogP contribution in [-0.4, -0.2) is 54.0 Å². The van der Waals surface area contributed by atoms with E-state index in [-0.39, 0.29) is 43.3 Å². The average molecular weight is 465 g/mol. The predicted octanol–water partition coefficient (Wildman–Crippen LogP) is 4.72. The first-order valence-corrected chi connectivity index (χ1v) is 11.2. The molecule has 9 heteroatoms. The molecule has 172 valence electrons. The van der Waals surface area contributed by atoms with Crippen LogP contribution in [-0.2, 0) is 4.79 Å². The van der Waals surface area contributed by atoms with Crippen molar-refractivity contribution < 1.29 is 18.3 Å². The minimum Gasteiger partial charge on any atom is -0.489 e. The number of hydrogen-bond acceptors (Lipinski definition) is 6. The smallest absolute Gasteiger partial charge is 0.267 e. The third-order valence-corrected chi connectivity index (χ3v) is 6.22. The van der Waals surface area contributed by atoms with Crippen molar-refractivity contribution in [2.24, 2.45) is 0 Å². The molecule has 32 heavy (non-hydrogen) atoms. The lowest BCUT2D eigenvalue weighted by atomic mass is 9.96. The number of ketones is 1. The lowest BCUT2D eigenvalue weighted by Gasteiger charge is -2.22. The van der Waals surface area contributed by atoms with Crippen LogP contribution in [0.15, 0.2) is 30.5 Å². The lowest BCUT2D eigenvalue weighted by Crippen LogP contribution is -2.29. The van der Waals surface area contributed by atoms with E-state index in [9.17, 15) is 13.6 Å². The second-order valence-electron chi connectivity index (χ2n) is 8.72. The topological polar surface area (TPSA) is 58.6 Å². The summed E-state index contributed by atoms with van der Waals surface area (Å²) in [4.78, 5) is 23.5. The Morgan fingerprint density at radius 2 is 2.03 bits per heavy atom. The number of carbonyl (C=O) groups is 1. The Kier molecular flexibility index (Phi) is 6.51. The second kappa shape index (κ2) is 9.17. The van der Waals surface area contributed by atoms with Crippen LogP contribution in [0.5, 0.6) is 5.75 Å². The number of anilines is 2. The van der Waals surface area contributed by atoms with Crippen molar-refractivity contribution >= 4 is 29.2 Å². The number of benzene rings is 1. The number of aromatic nitrogens is 2. The summed E-state index contributed by atoms with van der Waals surface area (Å²) in [5.41, 5.74) is 1.10. The largest absolute Gasteiger partial charge is 0.489 e. The van der Waals surface area contributed by atoms with Crippen LogP contribution in [0.4, 0.5) is 20.5 Å². The zero-order valence-corrected chi connectivity index (χ0v) is 19.0. The van der Waals surface area contributed by atoms with Crippen LogP contribution in [0.2, 0.25) is 5.02 Å². The zero-order valence-electron chi connectivity index (χ0n) is 18.2. The molecule has 2 atom stereocenters. The summed E-state index contributed by atoms with van der Waals surface area (Å²) in [5.74, 6) is -0.770. The number of Topliss-reactive ketones (excluding diaryl/α,β-unsaturated/α-hetero) is 1. The van der Waals surface area contributed by atoms with Gasteiger partial charge < -0.3 is 19.3 Å². The fourth-order valence-electron chi connectivity index (χ4n) is 4.26. The van der Waals surface area contributed by atoms with Crippen LogP contribution in [0, 0.1) is 0 Å². The molecule has 6 nitrogen and oxygen atoms in total. The van der Waals surface area contributed by atoms with Crippen molar-refractivity contribution in [1.82, 2.24) is 9.97 Å². The molecular formula is C23H27ClF2N4O2. The highest BCUT2D eigenvalue weighted by Crippen LogP contribution is 2.33. The summed E-state index contributed by atoms with van der Waals surface area (Å²) in [6.45, 7) is 4.78. The van der Waals surface area contributed by atoms with Crippen molar-refractivity contribution in [3.05, 3.63) is 41.0 Å². The number of halogens is 3. The molecule has 3 heterocycles. The van der Waals surface area contributed by atoms with E-state index in [1.54, 1.807) is 6.92 Å². The van der Waals surface area contributed by atoms with Crippen LogP contribution < -0.4 is 14.5 Å². The molecule has 0 saturated carbocycles. The van der Waals surface area contributed by atoms with Crippen LogP contribution in [0.25, 0.3) is 0 Å². The Morgan fingerprint density at radius 1 is 1.28 bits per heavy atom. The maximum atomic E-state index is 13.6. The summed E-state index contributed by atoms with van der Waals surface area (Å²) in [5, 5.41) is 0.393. The van der Waals surface area contributed by atoms with Gasteiger partial charge in [-0.2, -0.15) is 4.98 Å². The normalized spacial score (nSPS) is 21.1. The van der Waals surface area contributed by atoms with Gasteiger partial charge in [0.2, 0.25) is 5.95 Å². The van der Waals surface area contributed by atoms with E-state index in [4.69, 9.17) is 16.3 Å². The van der Waals surface area contributed by atoms with E-state index in [0.29, 0.717) is 30.4 Å². The molecule has 0 N–H and O–H groups in total. The van der Waals surface area contributed by atoms with Gasteiger partial charge in [0.25, 0.3) is 5.92 Å². The molecule has 2 aliphatic rings. The Hall–Kier alpha value is -2.48. The SMILES string of the molecule is CC(=O)C[C@@H](C)c1ccc(O[C@@H]2CCN(c3nc(N4CCC(F)(F)C4)ncc3Cl)C2)cc1. The minimum absolute atomic E-state index is 0.0407. The van der Waals surface area contributed by atoms with Crippen LogP contribution >= 0.6 is 11.6 Å². The van der Waals surface area contributed by atoms with E-state index in [1.165, 1.54) is 11.1 Å². The summed E-state index contributed by atoms with van der Waals surface area (Å²) < 4.78 is 33.3. The summed E-state index contributed by atoms with van der Waals surface area (Å²) in [6, 6.07) is 7.85. The molecule has 0 unspecified atom stereocenters. The number of nitrogens with zero attached hydrogens (tertiary/aromatic N) is 4. The van der Waals surface area contributed by atoms with Crippen molar-refractivity contribution in [3.8, 4) is 5.75 Å². The fourth-order valence-corrected chi connectivity index (χ4v) is 4.47. The summed E-state index contributed by atoms with van der Waals surface area (Å²) >= 11 is 6.33. The van der Waals surface area contributed by atoms with E-state index < -0.39 is 5.92 Å². The third-order valence-electron chi connectivity index (χ3n) is 5.96. The highest BCUT2D eigenvalue weighted by atomic mass is 35.5. The first-order valence-electron chi connectivity index (χ1n) is 10.9. The number of hydrogen-bond donors (Lipinski definition) is 0. The van der Waals surface area contributed by atoms with E-state index in [0.717, 1.165) is 17.7 Å². The van der Waals surface area contributed by atoms with Gasteiger partial charge in [-0.1, -0.05) is 30.7 Å². The van der Waals surface area contributed by atoms with Gasteiger partial charge in [-0.3, -0.25) is 0 Å². The van der Waals surface area contributed by atoms with Crippen molar-refractivity contribution in [3.63, 3.8) is 0 Å². The lowest BCUT2D eigenvalue weighted by molar-refractivity contribution is -0.117. The molecule has 0 aliphatic carbocycles. The van der Waals surface area contributed by atoms with Gasteiger partial charge in [0.05, 0.1) is 19.3 Å². The third kappa shape index (κ3) is 5.28. The highest BCUT2D eigenvalue weighted by molar-refractivity contribution is 6.32. The number of alkyl halides is 2. The van der Waals surface area contributed by atoms with E-state index in [2.05, 4.69) is 9.97 Å².